The number of hydrogen-bond acceptors (Lipinski definition) is 16. The summed E-state index contributed by atoms with van der Waals surface area (Å²) in [6, 6.07) is 3.16. The van der Waals surface area contributed by atoms with E-state index in [-0.39, 0.29) is 35.4 Å². The highest BCUT2D eigenvalue weighted by molar-refractivity contribution is 7.98. The van der Waals surface area contributed by atoms with Gasteiger partial charge in [0, 0.05) is 18.6 Å². The number of carbonyl (C=O) groups is 2. The Morgan fingerprint density at radius 1 is 0.917 bits per heavy atom. The lowest BCUT2D eigenvalue weighted by molar-refractivity contribution is 0.0692. The van der Waals surface area contributed by atoms with Crippen molar-refractivity contribution in [1.29, 1.82) is 0 Å². The SMILES string of the molecule is CCNc1nc(NC(C)(C)C)nc(SC)n1.COc1cc(OC)nc(NC(=O)NS(=O)(=O)c2cc(CNS(C)(=O)=O)ccc2C(=O)O)n1. The fourth-order valence-electron chi connectivity index (χ4n) is 3.34. The molecule has 0 bridgehead atoms. The standard InChI is InChI=1S/C16H19N5O9S2.C10H19N5S/c1-29-12-7-13(30-2)19-15(18-12)20-16(24)21-32(27,28)11-6-9(8-17-31(3,25)26)4-5-10(11)14(22)23;1-6-11-7-12-8(15-10(2,3)4)14-9(13-7)16-5/h4-7,17H,8H2,1-3H3,(H,22,23)(H2,18,19,20,21,24);6H2,1-5H3,(H2,11,12,13,14,15). The van der Waals surface area contributed by atoms with Gasteiger partial charge in [0.05, 0.1) is 32.1 Å². The first-order chi connectivity index (χ1) is 22.3. The van der Waals surface area contributed by atoms with Crippen LogP contribution in [0, 0.1) is 0 Å². The molecule has 0 aliphatic carbocycles. The van der Waals surface area contributed by atoms with Crippen LogP contribution in [0.4, 0.5) is 22.6 Å². The molecule has 3 rings (SSSR count). The van der Waals surface area contributed by atoms with Crippen LogP contribution in [-0.2, 0) is 26.6 Å². The average molecular weight is 731 g/mol. The highest BCUT2D eigenvalue weighted by atomic mass is 32.2. The number of carbonyl (C=O) groups excluding carboxylic acids is 1. The predicted octanol–water partition coefficient (Wildman–Crippen LogP) is 1.99. The number of thioether (sulfide) groups is 1. The molecule has 1 aromatic carbocycles. The molecule has 0 aliphatic rings. The molecular weight excluding hydrogens is 693 g/mol. The number of anilines is 3. The van der Waals surface area contributed by atoms with Crippen LogP contribution in [0.1, 0.15) is 43.6 Å². The van der Waals surface area contributed by atoms with E-state index in [9.17, 15) is 31.5 Å². The zero-order valence-electron chi connectivity index (χ0n) is 27.4. The molecule has 0 saturated carbocycles. The largest absolute Gasteiger partial charge is 0.481 e. The Bertz CT molecular complexity index is 1800. The third kappa shape index (κ3) is 13.3. The first-order valence-corrected chi connectivity index (χ1v) is 18.3. The first-order valence-electron chi connectivity index (χ1n) is 13.7. The second-order valence-corrected chi connectivity index (χ2v) is 14.7. The van der Waals surface area contributed by atoms with Crippen molar-refractivity contribution in [2.75, 3.05) is 49.2 Å². The minimum absolute atomic E-state index is 0.0225. The number of sulfonamides is 2. The molecule has 3 aromatic rings. The number of carboxylic acid groups (broad SMARTS) is 1. The van der Waals surface area contributed by atoms with E-state index in [0.717, 1.165) is 30.1 Å². The third-order valence-electron chi connectivity index (χ3n) is 5.27. The zero-order valence-corrected chi connectivity index (χ0v) is 29.8. The predicted molar refractivity (Wildman–Crippen MR) is 179 cm³/mol. The van der Waals surface area contributed by atoms with Crippen molar-refractivity contribution in [2.45, 2.75) is 49.8 Å². The normalized spacial score (nSPS) is 11.4. The maximum absolute atomic E-state index is 12.7. The topological polar surface area (TPSA) is 266 Å². The van der Waals surface area contributed by atoms with Gasteiger partial charge >= 0.3 is 12.0 Å². The summed E-state index contributed by atoms with van der Waals surface area (Å²) in [5, 5.41) is 18.4. The van der Waals surface area contributed by atoms with Gasteiger partial charge in [0.2, 0.25) is 39.6 Å². The summed E-state index contributed by atoms with van der Waals surface area (Å²) in [5.41, 5.74) is -0.546. The van der Waals surface area contributed by atoms with Crippen LogP contribution in [0.5, 0.6) is 11.8 Å². The maximum Gasteiger partial charge on any atom is 0.337 e. The van der Waals surface area contributed by atoms with Gasteiger partial charge in [-0.2, -0.15) is 24.9 Å². The van der Waals surface area contributed by atoms with Gasteiger partial charge in [0.1, 0.15) is 4.90 Å². The number of hydrogen-bond donors (Lipinski definition) is 6. The summed E-state index contributed by atoms with van der Waals surface area (Å²) < 4.78 is 61.5. The molecule has 0 fully saturated rings. The molecule has 6 N–H and O–H groups in total. The van der Waals surface area contributed by atoms with E-state index in [0.29, 0.717) is 11.9 Å². The zero-order chi connectivity index (χ0) is 36.3. The Kier molecular flexibility index (Phi) is 14.1. The van der Waals surface area contributed by atoms with E-state index >= 15 is 0 Å². The smallest absolute Gasteiger partial charge is 0.337 e. The Labute approximate surface area is 282 Å². The van der Waals surface area contributed by atoms with E-state index in [1.54, 1.807) is 4.72 Å². The Morgan fingerprint density at radius 3 is 2.02 bits per heavy atom. The number of amides is 2. The summed E-state index contributed by atoms with van der Waals surface area (Å²) in [6.07, 6.45) is 2.85. The van der Waals surface area contributed by atoms with Crippen LogP contribution in [0.15, 0.2) is 34.3 Å². The molecule has 22 heteroatoms. The van der Waals surface area contributed by atoms with E-state index < -0.39 is 42.5 Å². The number of urea groups is 1. The molecule has 0 atom stereocenters. The molecule has 264 valence electrons. The van der Waals surface area contributed by atoms with Crippen molar-refractivity contribution < 1.29 is 41.0 Å². The van der Waals surface area contributed by atoms with Crippen LogP contribution in [0.2, 0.25) is 0 Å². The van der Waals surface area contributed by atoms with Gasteiger partial charge in [0.25, 0.3) is 10.0 Å². The van der Waals surface area contributed by atoms with Gasteiger partial charge in [0.15, 0.2) is 5.16 Å². The van der Waals surface area contributed by atoms with Gasteiger partial charge in [-0.05, 0) is 51.6 Å². The van der Waals surface area contributed by atoms with Crippen molar-refractivity contribution in [2.24, 2.45) is 0 Å². The highest BCUT2D eigenvalue weighted by Crippen LogP contribution is 2.20. The number of methoxy groups -OCH3 is 2. The summed E-state index contributed by atoms with van der Waals surface area (Å²) in [7, 11) is -5.69. The van der Waals surface area contributed by atoms with Crippen LogP contribution in [0.3, 0.4) is 0 Å². The number of nitrogens with one attached hydrogen (secondary N) is 5. The van der Waals surface area contributed by atoms with Crippen LogP contribution in [0.25, 0.3) is 0 Å². The van der Waals surface area contributed by atoms with Crippen LogP contribution < -0.4 is 34.9 Å². The molecule has 0 spiro atoms. The lowest BCUT2D eigenvalue weighted by Crippen LogP contribution is -2.35. The average Bonchev–Trinajstić information content (AvgIpc) is 2.98. The maximum atomic E-state index is 12.7. The van der Waals surface area contributed by atoms with Gasteiger partial charge in [-0.25, -0.2) is 35.9 Å². The minimum atomic E-state index is -4.70. The Hall–Kier alpha value is -4.54. The van der Waals surface area contributed by atoms with Crippen LogP contribution >= 0.6 is 11.8 Å². The van der Waals surface area contributed by atoms with E-state index in [1.807, 2.05) is 13.2 Å². The van der Waals surface area contributed by atoms with Gasteiger partial charge in [-0.3, -0.25) is 5.32 Å². The van der Waals surface area contributed by atoms with Crippen molar-refractivity contribution in [3.8, 4) is 11.8 Å². The van der Waals surface area contributed by atoms with Crippen molar-refractivity contribution in [1.82, 2.24) is 34.4 Å². The van der Waals surface area contributed by atoms with E-state index in [2.05, 4.69) is 66.4 Å². The lowest BCUT2D eigenvalue weighted by Gasteiger charge is -2.20. The second kappa shape index (κ2) is 17.0. The molecule has 0 saturated heterocycles. The van der Waals surface area contributed by atoms with E-state index in [1.165, 1.54) is 38.1 Å². The number of aromatic nitrogens is 5. The molecular formula is C26H38N10O9S3. The molecule has 2 amide bonds. The van der Waals surface area contributed by atoms with Crippen molar-refractivity contribution >= 4 is 61.7 Å². The number of nitrogens with zero attached hydrogens (tertiary/aromatic N) is 5. The van der Waals surface area contributed by atoms with Crippen molar-refractivity contribution in [3.63, 3.8) is 0 Å². The second-order valence-electron chi connectivity index (χ2n) is 10.4. The lowest BCUT2D eigenvalue weighted by atomic mass is 10.1. The number of benzene rings is 1. The molecule has 0 aliphatic heterocycles. The fraction of sp³-hybridized carbons (Fsp3) is 0.423. The summed E-state index contributed by atoms with van der Waals surface area (Å²) in [6.45, 7) is 8.73. The quantitative estimate of drug-likeness (QED) is 0.137. The number of aromatic carboxylic acids is 1. The van der Waals surface area contributed by atoms with Gasteiger partial charge in [-0.15, -0.1) is 0 Å². The Balaban J connectivity index is 0.000000419. The van der Waals surface area contributed by atoms with Gasteiger partial charge in [-0.1, -0.05) is 17.8 Å². The molecule has 0 radical (unpaired) electrons. The summed E-state index contributed by atoms with van der Waals surface area (Å²) in [4.78, 5) is 43.4. The number of ether oxygens (including phenoxy) is 2. The third-order valence-corrected chi connectivity index (χ3v) is 7.86. The highest BCUT2D eigenvalue weighted by Gasteiger charge is 2.26. The number of rotatable bonds is 13. The molecule has 2 aromatic heterocycles. The Morgan fingerprint density at radius 2 is 1.52 bits per heavy atom. The molecule has 0 unspecified atom stereocenters. The molecule has 48 heavy (non-hydrogen) atoms. The minimum Gasteiger partial charge on any atom is -0.481 e. The molecule has 2 heterocycles. The van der Waals surface area contributed by atoms with Gasteiger partial charge < -0.3 is 25.2 Å². The van der Waals surface area contributed by atoms with E-state index in [4.69, 9.17) is 9.47 Å². The monoisotopic (exact) mass is 730 g/mol. The fourth-order valence-corrected chi connectivity index (χ4v) is 5.28. The first kappa shape index (κ1) is 39.6. The summed E-state index contributed by atoms with van der Waals surface area (Å²) >= 11 is 1.51. The van der Waals surface area contributed by atoms with Crippen LogP contribution in [-0.4, -0.2) is 97.7 Å². The summed E-state index contributed by atoms with van der Waals surface area (Å²) in [5.74, 6) is -0.646. The molecule has 19 nitrogen and oxygen atoms in total. The number of carboxylic acids is 1. The van der Waals surface area contributed by atoms with Crippen molar-refractivity contribution in [3.05, 3.63) is 35.4 Å².